The number of rotatable bonds is 3. The minimum atomic E-state index is -3.39. The third-order valence-corrected chi connectivity index (χ3v) is 4.65. The zero-order chi connectivity index (χ0) is 13.0. The van der Waals surface area contributed by atoms with Crippen molar-refractivity contribution in [3.63, 3.8) is 0 Å². The van der Waals surface area contributed by atoms with Crippen molar-refractivity contribution >= 4 is 10.0 Å². The highest BCUT2D eigenvalue weighted by Crippen LogP contribution is 2.15. The standard InChI is InChI=1S/C14H19NO2S/c1-12-8-10-14(11-9-12)18(16,17)15-13-6-4-2-3-5-7-13/h4,6,8-11,13,15H,2-3,5,7H2,1H3. The smallest absolute Gasteiger partial charge is 0.207 e. The molecule has 0 spiro atoms. The third kappa shape index (κ3) is 3.43. The van der Waals surface area contributed by atoms with Gasteiger partial charge in [-0.3, -0.25) is 0 Å². The van der Waals surface area contributed by atoms with Gasteiger partial charge in [0.15, 0.2) is 0 Å². The van der Waals surface area contributed by atoms with E-state index in [0.717, 1.165) is 31.2 Å². The lowest BCUT2D eigenvalue weighted by Crippen LogP contribution is -2.33. The second kappa shape index (κ2) is 5.67. The number of sulfonamides is 1. The van der Waals surface area contributed by atoms with E-state index in [1.54, 1.807) is 12.1 Å². The van der Waals surface area contributed by atoms with Crippen LogP contribution in [0.5, 0.6) is 0 Å². The summed E-state index contributed by atoms with van der Waals surface area (Å²) < 4.78 is 27.1. The van der Waals surface area contributed by atoms with Crippen LogP contribution in [0.3, 0.4) is 0 Å². The zero-order valence-corrected chi connectivity index (χ0v) is 11.4. The first kappa shape index (κ1) is 13.3. The van der Waals surface area contributed by atoms with Crippen LogP contribution < -0.4 is 4.72 Å². The Balaban J connectivity index is 2.13. The van der Waals surface area contributed by atoms with E-state index in [2.05, 4.69) is 10.8 Å². The van der Waals surface area contributed by atoms with Crippen LogP contribution in [0.25, 0.3) is 0 Å². The topological polar surface area (TPSA) is 46.2 Å². The summed E-state index contributed by atoms with van der Waals surface area (Å²) in [5.74, 6) is 0. The Morgan fingerprint density at radius 1 is 1.17 bits per heavy atom. The average Bonchev–Trinajstić information content (AvgIpc) is 2.57. The highest BCUT2D eigenvalue weighted by atomic mass is 32.2. The van der Waals surface area contributed by atoms with Gasteiger partial charge >= 0.3 is 0 Å². The fraction of sp³-hybridized carbons (Fsp3) is 0.429. The summed E-state index contributed by atoms with van der Waals surface area (Å²) in [6, 6.07) is 6.87. The molecule has 18 heavy (non-hydrogen) atoms. The Kier molecular flexibility index (Phi) is 4.19. The van der Waals surface area contributed by atoms with Crippen LogP contribution in [-0.4, -0.2) is 14.5 Å². The molecule has 1 aliphatic rings. The van der Waals surface area contributed by atoms with E-state index >= 15 is 0 Å². The largest absolute Gasteiger partial charge is 0.241 e. The van der Waals surface area contributed by atoms with Gasteiger partial charge in [-0.2, -0.15) is 0 Å². The molecular formula is C14H19NO2S. The summed E-state index contributed by atoms with van der Waals surface area (Å²) in [4.78, 5) is 0.339. The van der Waals surface area contributed by atoms with Crippen LogP contribution in [-0.2, 0) is 10.0 Å². The quantitative estimate of drug-likeness (QED) is 0.854. The van der Waals surface area contributed by atoms with Gasteiger partial charge in [0.1, 0.15) is 0 Å². The number of benzene rings is 1. The molecule has 1 aromatic carbocycles. The summed E-state index contributed by atoms with van der Waals surface area (Å²) >= 11 is 0. The fourth-order valence-electron chi connectivity index (χ4n) is 2.07. The summed E-state index contributed by atoms with van der Waals surface area (Å²) in [7, 11) is -3.39. The SMILES string of the molecule is Cc1ccc(S(=O)(=O)NC2C=CCCCC2)cc1. The normalized spacial score (nSPS) is 20.6. The van der Waals surface area contributed by atoms with Crippen molar-refractivity contribution in [1.82, 2.24) is 4.72 Å². The highest BCUT2D eigenvalue weighted by Gasteiger charge is 2.18. The number of aryl methyl sites for hydroxylation is 1. The van der Waals surface area contributed by atoms with Crippen LogP contribution in [0, 0.1) is 6.92 Å². The lowest BCUT2D eigenvalue weighted by atomic mass is 10.2. The van der Waals surface area contributed by atoms with E-state index < -0.39 is 10.0 Å². The Morgan fingerprint density at radius 3 is 2.61 bits per heavy atom. The average molecular weight is 265 g/mol. The maximum Gasteiger partial charge on any atom is 0.241 e. The van der Waals surface area contributed by atoms with E-state index in [0.29, 0.717) is 4.90 Å². The van der Waals surface area contributed by atoms with Crippen LogP contribution in [0.4, 0.5) is 0 Å². The summed E-state index contributed by atoms with van der Waals surface area (Å²) in [5, 5.41) is 0. The molecule has 0 bridgehead atoms. The summed E-state index contributed by atoms with van der Waals surface area (Å²) in [6.07, 6.45) is 8.16. The Bertz CT molecular complexity index is 517. The van der Waals surface area contributed by atoms with Gasteiger partial charge in [0, 0.05) is 6.04 Å². The molecule has 3 nitrogen and oxygen atoms in total. The monoisotopic (exact) mass is 265 g/mol. The molecule has 0 radical (unpaired) electrons. The van der Waals surface area contributed by atoms with Gasteiger partial charge < -0.3 is 0 Å². The summed E-state index contributed by atoms with van der Waals surface area (Å²) in [6.45, 7) is 1.94. The second-order valence-electron chi connectivity index (χ2n) is 4.75. The summed E-state index contributed by atoms with van der Waals surface area (Å²) in [5.41, 5.74) is 1.06. The first-order valence-corrected chi connectivity index (χ1v) is 7.82. The maximum absolute atomic E-state index is 12.2. The van der Waals surface area contributed by atoms with Gasteiger partial charge in [-0.25, -0.2) is 13.1 Å². The maximum atomic E-state index is 12.2. The second-order valence-corrected chi connectivity index (χ2v) is 6.47. The predicted molar refractivity (Wildman–Crippen MR) is 72.9 cm³/mol. The molecule has 1 aromatic rings. The predicted octanol–water partition coefficient (Wildman–Crippen LogP) is 2.77. The van der Waals surface area contributed by atoms with Crippen LogP contribution in [0.2, 0.25) is 0 Å². The van der Waals surface area contributed by atoms with Crippen molar-refractivity contribution < 1.29 is 8.42 Å². The van der Waals surface area contributed by atoms with Gasteiger partial charge in [0.25, 0.3) is 0 Å². The van der Waals surface area contributed by atoms with Crippen molar-refractivity contribution in [3.05, 3.63) is 42.0 Å². The molecule has 1 N–H and O–H groups in total. The number of nitrogens with one attached hydrogen (secondary N) is 1. The molecule has 2 rings (SSSR count). The lowest BCUT2D eigenvalue weighted by Gasteiger charge is -2.14. The first-order chi connectivity index (χ1) is 8.58. The number of hydrogen-bond donors (Lipinski definition) is 1. The fourth-order valence-corrected chi connectivity index (χ4v) is 3.29. The van der Waals surface area contributed by atoms with Gasteiger partial charge in [0.2, 0.25) is 10.0 Å². The van der Waals surface area contributed by atoms with Crippen molar-refractivity contribution in [2.75, 3.05) is 0 Å². The highest BCUT2D eigenvalue weighted by molar-refractivity contribution is 7.89. The van der Waals surface area contributed by atoms with E-state index in [-0.39, 0.29) is 6.04 Å². The van der Waals surface area contributed by atoms with E-state index in [1.807, 2.05) is 25.1 Å². The number of hydrogen-bond acceptors (Lipinski definition) is 2. The zero-order valence-electron chi connectivity index (χ0n) is 10.6. The number of allylic oxidation sites excluding steroid dienone is 1. The van der Waals surface area contributed by atoms with Crippen molar-refractivity contribution in [3.8, 4) is 0 Å². The molecule has 1 unspecified atom stereocenters. The first-order valence-electron chi connectivity index (χ1n) is 6.33. The molecule has 4 heteroatoms. The molecule has 0 aliphatic heterocycles. The minimum Gasteiger partial charge on any atom is -0.207 e. The van der Waals surface area contributed by atoms with Gasteiger partial charge in [-0.05, 0) is 38.3 Å². The van der Waals surface area contributed by atoms with E-state index in [4.69, 9.17) is 0 Å². The molecule has 1 aliphatic carbocycles. The van der Waals surface area contributed by atoms with E-state index in [1.165, 1.54) is 0 Å². The molecular weight excluding hydrogens is 246 g/mol. The van der Waals surface area contributed by atoms with Crippen LogP contribution in [0.1, 0.15) is 31.2 Å². The molecule has 1 atom stereocenters. The van der Waals surface area contributed by atoms with Gasteiger partial charge in [0.05, 0.1) is 4.90 Å². The molecule has 0 saturated carbocycles. The molecule has 0 heterocycles. The van der Waals surface area contributed by atoms with Crippen molar-refractivity contribution in [2.24, 2.45) is 0 Å². The van der Waals surface area contributed by atoms with Crippen molar-refractivity contribution in [1.29, 1.82) is 0 Å². The minimum absolute atomic E-state index is 0.0706. The lowest BCUT2D eigenvalue weighted by molar-refractivity contribution is 0.556. The molecule has 98 valence electrons. The van der Waals surface area contributed by atoms with Gasteiger partial charge in [-0.1, -0.05) is 36.3 Å². The Morgan fingerprint density at radius 2 is 1.89 bits per heavy atom. The molecule has 0 aromatic heterocycles. The van der Waals surface area contributed by atoms with Crippen LogP contribution >= 0.6 is 0 Å². The third-order valence-electron chi connectivity index (χ3n) is 3.14. The van der Waals surface area contributed by atoms with Crippen LogP contribution in [0.15, 0.2) is 41.3 Å². The molecule has 0 fully saturated rings. The van der Waals surface area contributed by atoms with E-state index in [9.17, 15) is 8.42 Å². The Hall–Kier alpha value is -1.13. The van der Waals surface area contributed by atoms with Crippen molar-refractivity contribution in [2.45, 2.75) is 43.5 Å². The molecule has 0 saturated heterocycles. The van der Waals surface area contributed by atoms with Gasteiger partial charge in [-0.15, -0.1) is 0 Å². The Labute approximate surface area is 109 Å². The molecule has 0 amide bonds.